The van der Waals surface area contributed by atoms with Gasteiger partial charge in [0.05, 0.1) is 5.52 Å². The van der Waals surface area contributed by atoms with Crippen LogP contribution in [0.1, 0.15) is 22.8 Å². The number of ketones is 1. The van der Waals surface area contributed by atoms with Gasteiger partial charge in [-0.05, 0) is 62.4 Å². The fraction of sp³-hybridized carbons (Fsp3) is 0.214. The molecule has 0 aliphatic carbocycles. The predicted octanol–water partition coefficient (Wildman–Crippen LogP) is 5.44. The summed E-state index contributed by atoms with van der Waals surface area (Å²) in [6.45, 7) is 6.96. The number of carbonyl (C=O) groups excluding carboxylic acids is 1. The SMILES string of the molecule is CC(=O)c1ccc(N2CCN(c3nc4c(-c5cccc(C)c5)nnn4c4ccc(Cl)cc34)CC2)cc1. The highest BCUT2D eigenvalue weighted by molar-refractivity contribution is 6.31. The van der Waals surface area contributed by atoms with Crippen LogP contribution in [0, 0.1) is 6.92 Å². The first-order valence-corrected chi connectivity index (χ1v) is 12.4. The van der Waals surface area contributed by atoms with Crippen molar-refractivity contribution in [2.75, 3.05) is 36.0 Å². The molecule has 0 N–H and O–H groups in total. The Morgan fingerprint density at radius 2 is 1.67 bits per heavy atom. The number of rotatable bonds is 4. The summed E-state index contributed by atoms with van der Waals surface area (Å²) in [6, 6.07) is 21.9. The van der Waals surface area contributed by atoms with E-state index in [1.54, 1.807) is 11.4 Å². The molecule has 1 aliphatic rings. The second-order valence-electron chi connectivity index (χ2n) is 9.22. The van der Waals surface area contributed by atoms with E-state index < -0.39 is 0 Å². The molecule has 5 aromatic rings. The minimum atomic E-state index is 0.0813. The van der Waals surface area contributed by atoms with E-state index in [0.29, 0.717) is 5.02 Å². The van der Waals surface area contributed by atoms with Crippen LogP contribution in [0.15, 0.2) is 66.7 Å². The van der Waals surface area contributed by atoms with Crippen LogP contribution in [-0.4, -0.2) is 51.8 Å². The highest BCUT2D eigenvalue weighted by Gasteiger charge is 2.23. The quantitative estimate of drug-likeness (QED) is 0.309. The minimum absolute atomic E-state index is 0.0813. The van der Waals surface area contributed by atoms with Gasteiger partial charge in [0, 0.05) is 53.4 Å². The summed E-state index contributed by atoms with van der Waals surface area (Å²) >= 11 is 6.41. The summed E-state index contributed by atoms with van der Waals surface area (Å²) in [7, 11) is 0. The third kappa shape index (κ3) is 3.95. The number of hydrogen-bond donors (Lipinski definition) is 0. The molecule has 36 heavy (non-hydrogen) atoms. The van der Waals surface area contributed by atoms with Crippen molar-refractivity contribution in [3.63, 3.8) is 0 Å². The summed E-state index contributed by atoms with van der Waals surface area (Å²) in [5, 5.41) is 10.6. The van der Waals surface area contributed by atoms with Gasteiger partial charge in [-0.1, -0.05) is 40.6 Å². The minimum Gasteiger partial charge on any atom is -0.368 e. The number of benzene rings is 3. The predicted molar refractivity (Wildman–Crippen MR) is 144 cm³/mol. The number of nitrogens with zero attached hydrogens (tertiary/aromatic N) is 6. The molecule has 1 saturated heterocycles. The van der Waals surface area contributed by atoms with Crippen molar-refractivity contribution < 1.29 is 4.79 Å². The van der Waals surface area contributed by atoms with Gasteiger partial charge < -0.3 is 9.80 Å². The Morgan fingerprint density at radius 3 is 2.39 bits per heavy atom. The van der Waals surface area contributed by atoms with Crippen molar-refractivity contribution >= 4 is 45.4 Å². The summed E-state index contributed by atoms with van der Waals surface area (Å²) in [5.41, 5.74) is 6.43. The first kappa shape index (κ1) is 22.5. The molecule has 6 rings (SSSR count). The van der Waals surface area contributed by atoms with Crippen molar-refractivity contribution in [3.8, 4) is 11.3 Å². The van der Waals surface area contributed by atoms with E-state index in [9.17, 15) is 4.79 Å². The number of hydrogen-bond acceptors (Lipinski definition) is 6. The molecule has 1 fully saturated rings. The van der Waals surface area contributed by atoms with Gasteiger partial charge in [-0.3, -0.25) is 4.79 Å². The molecule has 0 unspecified atom stereocenters. The van der Waals surface area contributed by atoms with Crippen LogP contribution < -0.4 is 9.80 Å². The average Bonchev–Trinajstić information content (AvgIpc) is 3.32. The zero-order valence-electron chi connectivity index (χ0n) is 20.1. The number of anilines is 2. The van der Waals surface area contributed by atoms with Crippen molar-refractivity contribution in [1.29, 1.82) is 0 Å². The normalized spacial score (nSPS) is 14.1. The number of halogens is 1. The molecule has 8 heteroatoms. The molecule has 0 bridgehead atoms. The molecule has 0 saturated carbocycles. The van der Waals surface area contributed by atoms with Gasteiger partial charge in [0.15, 0.2) is 11.4 Å². The van der Waals surface area contributed by atoms with Gasteiger partial charge in [0.1, 0.15) is 11.5 Å². The van der Waals surface area contributed by atoms with Crippen LogP contribution in [0.5, 0.6) is 0 Å². The molecule has 1 aliphatic heterocycles. The third-order valence-corrected chi connectivity index (χ3v) is 7.03. The fourth-order valence-corrected chi connectivity index (χ4v) is 5.05. The number of aryl methyl sites for hydroxylation is 1. The van der Waals surface area contributed by atoms with Crippen LogP contribution in [0.2, 0.25) is 5.02 Å². The largest absolute Gasteiger partial charge is 0.368 e. The fourth-order valence-electron chi connectivity index (χ4n) is 4.88. The van der Waals surface area contributed by atoms with Crippen LogP contribution in [0.25, 0.3) is 27.8 Å². The van der Waals surface area contributed by atoms with Crippen molar-refractivity contribution in [3.05, 3.63) is 82.9 Å². The Balaban J connectivity index is 1.38. The maximum absolute atomic E-state index is 11.6. The van der Waals surface area contributed by atoms with Crippen LogP contribution in [0.3, 0.4) is 0 Å². The van der Waals surface area contributed by atoms with E-state index in [4.69, 9.17) is 16.6 Å². The van der Waals surface area contributed by atoms with E-state index >= 15 is 0 Å². The topological polar surface area (TPSA) is 66.6 Å². The van der Waals surface area contributed by atoms with Crippen LogP contribution in [-0.2, 0) is 0 Å². The Morgan fingerprint density at radius 1 is 0.917 bits per heavy atom. The molecule has 0 atom stereocenters. The molecule has 0 spiro atoms. The molecule has 3 aromatic carbocycles. The maximum atomic E-state index is 11.6. The van der Waals surface area contributed by atoms with E-state index in [2.05, 4.69) is 39.2 Å². The Kier molecular flexibility index (Phi) is 5.57. The summed E-state index contributed by atoms with van der Waals surface area (Å²) < 4.78 is 1.81. The van der Waals surface area contributed by atoms with Gasteiger partial charge in [-0.25, -0.2) is 4.98 Å². The Bertz CT molecular complexity index is 1600. The number of Topliss-reactive ketones (excluding diaryl/α,β-unsaturated/α-hetero) is 1. The summed E-state index contributed by atoms with van der Waals surface area (Å²) in [6.07, 6.45) is 0. The molecule has 7 nitrogen and oxygen atoms in total. The van der Waals surface area contributed by atoms with Crippen molar-refractivity contribution in [2.45, 2.75) is 13.8 Å². The number of carbonyl (C=O) groups is 1. The number of aromatic nitrogens is 4. The van der Waals surface area contributed by atoms with Gasteiger partial charge >= 0.3 is 0 Å². The molecule has 0 amide bonds. The van der Waals surface area contributed by atoms with Gasteiger partial charge in [0.2, 0.25) is 0 Å². The van der Waals surface area contributed by atoms with E-state index in [1.165, 1.54) is 0 Å². The van der Waals surface area contributed by atoms with E-state index in [1.807, 2.05) is 54.6 Å². The average molecular weight is 497 g/mol. The first-order chi connectivity index (χ1) is 17.5. The van der Waals surface area contributed by atoms with Crippen LogP contribution >= 0.6 is 11.6 Å². The Hall–Kier alpha value is -3.97. The van der Waals surface area contributed by atoms with Crippen molar-refractivity contribution in [2.24, 2.45) is 0 Å². The maximum Gasteiger partial charge on any atom is 0.186 e. The lowest BCUT2D eigenvalue weighted by Crippen LogP contribution is -2.47. The zero-order chi connectivity index (χ0) is 24.8. The molecular weight excluding hydrogens is 472 g/mol. The molecule has 2 aromatic heterocycles. The molecular formula is C28H25ClN6O. The smallest absolute Gasteiger partial charge is 0.186 e. The monoisotopic (exact) mass is 496 g/mol. The zero-order valence-corrected chi connectivity index (χ0v) is 20.9. The summed E-state index contributed by atoms with van der Waals surface area (Å²) in [5.74, 6) is 0.973. The first-order valence-electron chi connectivity index (χ1n) is 12.0. The summed E-state index contributed by atoms with van der Waals surface area (Å²) in [4.78, 5) is 21.4. The van der Waals surface area contributed by atoms with Gasteiger partial charge in [0.25, 0.3) is 0 Å². The Labute approximate surface area is 213 Å². The van der Waals surface area contributed by atoms with Crippen LogP contribution in [0.4, 0.5) is 11.5 Å². The lowest BCUT2D eigenvalue weighted by molar-refractivity contribution is 0.101. The standard InChI is InChI=1S/C28H25ClN6O/c1-18-4-3-5-21(16-18)26-28-30-27(24-17-22(29)8-11-25(24)35(28)32-31-26)34-14-12-33(13-15-34)23-9-6-20(7-10-23)19(2)36/h3-11,16-17H,12-15H2,1-2H3. The molecule has 3 heterocycles. The van der Waals surface area contributed by atoms with Crippen molar-refractivity contribution in [1.82, 2.24) is 19.8 Å². The van der Waals surface area contributed by atoms with E-state index in [-0.39, 0.29) is 5.78 Å². The molecule has 180 valence electrons. The number of piperazine rings is 1. The van der Waals surface area contributed by atoms with Gasteiger partial charge in [-0.2, -0.15) is 4.52 Å². The lowest BCUT2D eigenvalue weighted by atomic mass is 10.1. The second-order valence-corrected chi connectivity index (χ2v) is 9.65. The second kappa shape index (κ2) is 8.91. The highest BCUT2D eigenvalue weighted by Crippen LogP contribution is 2.32. The number of fused-ring (bicyclic) bond motifs is 3. The third-order valence-electron chi connectivity index (χ3n) is 6.80. The van der Waals surface area contributed by atoms with E-state index in [0.717, 1.165) is 76.6 Å². The lowest BCUT2D eigenvalue weighted by Gasteiger charge is -2.37. The highest BCUT2D eigenvalue weighted by atomic mass is 35.5. The van der Waals surface area contributed by atoms with Gasteiger partial charge in [-0.15, -0.1) is 5.10 Å². The molecule has 0 radical (unpaired) electrons.